The number of aromatic nitrogens is 1. The minimum atomic E-state index is -0.111. The van der Waals surface area contributed by atoms with E-state index in [0.29, 0.717) is 5.82 Å². The van der Waals surface area contributed by atoms with E-state index in [0.717, 1.165) is 17.5 Å². The van der Waals surface area contributed by atoms with Gasteiger partial charge in [-0.1, -0.05) is 24.3 Å². The molecule has 2 aromatic rings. The number of benzene rings is 1. The van der Waals surface area contributed by atoms with Gasteiger partial charge in [-0.2, -0.15) is 0 Å². The molecule has 0 radical (unpaired) electrons. The van der Waals surface area contributed by atoms with E-state index in [1.165, 1.54) is 11.1 Å². The zero-order valence-electron chi connectivity index (χ0n) is 10.9. The highest BCUT2D eigenvalue weighted by Gasteiger charge is 2.14. The summed E-state index contributed by atoms with van der Waals surface area (Å²) in [6.07, 6.45) is 2.50. The Balaban J connectivity index is 2.28. The maximum Gasteiger partial charge on any atom is 0.128 e. The lowest BCUT2D eigenvalue weighted by atomic mass is 9.95. The Bertz CT molecular complexity index is 529. The Kier molecular flexibility index (Phi) is 3.63. The normalized spacial score (nSPS) is 12.4. The van der Waals surface area contributed by atoms with E-state index >= 15 is 0 Å². The van der Waals surface area contributed by atoms with Gasteiger partial charge < -0.3 is 11.5 Å². The van der Waals surface area contributed by atoms with Crippen LogP contribution >= 0.6 is 0 Å². The highest BCUT2D eigenvalue weighted by molar-refractivity contribution is 5.46. The van der Waals surface area contributed by atoms with Crippen LogP contribution in [-0.2, 0) is 6.42 Å². The summed E-state index contributed by atoms with van der Waals surface area (Å²) in [5, 5.41) is 0. The second-order valence-corrected chi connectivity index (χ2v) is 4.66. The fourth-order valence-corrected chi connectivity index (χ4v) is 2.25. The first kappa shape index (κ1) is 12.6. The number of aryl methyl sites for hydroxylation is 2. The summed E-state index contributed by atoms with van der Waals surface area (Å²) in [7, 11) is 0. The molecule has 1 aromatic heterocycles. The standard InChI is InChI=1S/C15H19N3/c1-10-5-3-4-6-12(10)9-13(16)14-11(2)7-8-18-15(14)17/h3-8,13H,9,16H2,1-2H3,(H2,17,18). The molecule has 3 nitrogen and oxygen atoms in total. The molecule has 0 saturated heterocycles. The summed E-state index contributed by atoms with van der Waals surface area (Å²) in [6, 6.07) is 10.1. The van der Waals surface area contributed by atoms with Gasteiger partial charge in [0, 0.05) is 17.8 Å². The highest BCUT2D eigenvalue weighted by atomic mass is 14.8. The highest BCUT2D eigenvalue weighted by Crippen LogP contribution is 2.24. The number of anilines is 1. The van der Waals surface area contributed by atoms with Crippen LogP contribution < -0.4 is 11.5 Å². The Morgan fingerprint density at radius 2 is 1.83 bits per heavy atom. The molecule has 0 aliphatic heterocycles. The minimum Gasteiger partial charge on any atom is -0.383 e. The van der Waals surface area contributed by atoms with Gasteiger partial charge in [0.25, 0.3) is 0 Å². The molecule has 0 aliphatic carbocycles. The zero-order valence-corrected chi connectivity index (χ0v) is 10.9. The first-order valence-electron chi connectivity index (χ1n) is 6.10. The average molecular weight is 241 g/mol. The van der Waals surface area contributed by atoms with Crippen molar-refractivity contribution in [2.75, 3.05) is 5.73 Å². The van der Waals surface area contributed by atoms with E-state index < -0.39 is 0 Å². The van der Waals surface area contributed by atoms with Crippen molar-refractivity contribution in [2.45, 2.75) is 26.3 Å². The summed E-state index contributed by atoms with van der Waals surface area (Å²) in [6.45, 7) is 4.12. The molecule has 1 heterocycles. The predicted molar refractivity (Wildman–Crippen MR) is 75.2 cm³/mol. The molecule has 2 rings (SSSR count). The number of pyridine rings is 1. The van der Waals surface area contributed by atoms with E-state index in [1.807, 2.05) is 25.1 Å². The molecule has 1 aromatic carbocycles. The molecule has 94 valence electrons. The minimum absolute atomic E-state index is 0.111. The van der Waals surface area contributed by atoms with Crippen molar-refractivity contribution in [2.24, 2.45) is 5.73 Å². The van der Waals surface area contributed by atoms with Gasteiger partial charge in [0.15, 0.2) is 0 Å². The van der Waals surface area contributed by atoms with Crippen LogP contribution in [-0.4, -0.2) is 4.98 Å². The molecule has 0 spiro atoms. The third-order valence-electron chi connectivity index (χ3n) is 3.31. The van der Waals surface area contributed by atoms with Crippen LogP contribution in [0.15, 0.2) is 36.5 Å². The van der Waals surface area contributed by atoms with Gasteiger partial charge in [-0.05, 0) is 43.0 Å². The van der Waals surface area contributed by atoms with Crippen molar-refractivity contribution < 1.29 is 0 Å². The molecule has 0 bridgehead atoms. The largest absolute Gasteiger partial charge is 0.383 e. The summed E-state index contributed by atoms with van der Waals surface area (Å²) >= 11 is 0. The van der Waals surface area contributed by atoms with Crippen molar-refractivity contribution in [3.8, 4) is 0 Å². The predicted octanol–water partition coefficient (Wildman–Crippen LogP) is 2.52. The Morgan fingerprint density at radius 3 is 2.50 bits per heavy atom. The second-order valence-electron chi connectivity index (χ2n) is 4.66. The third-order valence-corrected chi connectivity index (χ3v) is 3.31. The molecule has 3 heteroatoms. The molecule has 0 aliphatic rings. The molecule has 0 amide bonds. The van der Waals surface area contributed by atoms with Crippen LogP contribution in [0.3, 0.4) is 0 Å². The van der Waals surface area contributed by atoms with Crippen molar-refractivity contribution in [1.82, 2.24) is 4.98 Å². The van der Waals surface area contributed by atoms with Crippen molar-refractivity contribution >= 4 is 5.82 Å². The quantitative estimate of drug-likeness (QED) is 0.867. The summed E-state index contributed by atoms with van der Waals surface area (Å²) in [5.41, 5.74) is 16.8. The summed E-state index contributed by atoms with van der Waals surface area (Å²) < 4.78 is 0. The van der Waals surface area contributed by atoms with Crippen molar-refractivity contribution in [3.63, 3.8) is 0 Å². The third kappa shape index (κ3) is 2.51. The fourth-order valence-electron chi connectivity index (χ4n) is 2.25. The molecule has 1 unspecified atom stereocenters. The smallest absolute Gasteiger partial charge is 0.128 e. The van der Waals surface area contributed by atoms with Gasteiger partial charge >= 0.3 is 0 Å². The first-order chi connectivity index (χ1) is 8.59. The lowest BCUT2D eigenvalue weighted by Crippen LogP contribution is -2.17. The van der Waals surface area contributed by atoms with E-state index in [9.17, 15) is 0 Å². The van der Waals surface area contributed by atoms with Gasteiger partial charge in [0.1, 0.15) is 5.82 Å². The van der Waals surface area contributed by atoms with Gasteiger partial charge in [0.2, 0.25) is 0 Å². The number of hydrogen-bond donors (Lipinski definition) is 2. The topological polar surface area (TPSA) is 64.9 Å². The lowest BCUT2D eigenvalue weighted by molar-refractivity contribution is 0.713. The van der Waals surface area contributed by atoms with E-state index in [2.05, 4.69) is 24.0 Å². The van der Waals surface area contributed by atoms with Crippen molar-refractivity contribution in [3.05, 3.63) is 58.8 Å². The monoisotopic (exact) mass is 241 g/mol. The average Bonchev–Trinajstić information content (AvgIpc) is 2.32. The van der Waals surface area contributed by atoms with E-state index in [1.54, 1.807) is 6.20 Å². The van der Waals surface area contributed by atoms with Crippen LogP contribution in [0.4, 0.5) is 5.82 Å². The van der Waals surface area contributed by atoms with Gasteiger partial charge in [-0.25, -0.2) is 4.98 Å². The SMILES string of the molecule is Cc1ccccc1CC(N)c1c(C)ccnc1N. The molecular formula is C15H19N3. The number of nitrogens with zero attached hydrogens (tertiary/aromatic N) is 1. The summed E-state index contributed by atoms with van der Waals surface area (Å²) in [5.74, 6) is 0.538. The molecule has 4 N–H and O–H groups in total. The molecule has 1 atom stereocenters. The Labute approximate surface area is 108 Å². The summed E-state index contributed by atoms with van der Waals surface area (Å²) in [4.78, 5) is 4.12. The zero-order chi connectivity index (χ0) is 13.1. The van der Waals surface area contributed by atoms with Crippen LogP contribution in [0, 0.1) is 13.8 Å². The molecule has 0 saturated carbocycles. The first-order valence-corrected chi connectivity index (χ1v) is 6.10. The van der Waals surface area contributed by atoms with Crippen LogP contribution in [0.1, 0.15) is 28.3 Å². The van der Waals surface area contributed by atoms with Gasteiger partial charge in [0.05, 0.1) is 0 Å². The van der Waals surface area contributed by atoms with Crippen LogP contribution in [0.5, 0.6) is 0 Å². The Morgan fingerprint density at radius 1 is 1.11 bits per heavy atom. The van der Waals surface area contributed by atoms with E-state index in [4.69, 9.17) is 11.5 Å². The Hall–Kier alpha value is -1.87. The lowest BCUT2D eigenvalue weighted by Gasteiger charge is -2.17. The maximum atomic E-state index is 6.28. The number of rotatable bonds is 3. The number of nitrogens with two attached hydrogens (primary N) is 2. The fraction of sp³-hybridized carbons (Fsp3) is 0.267. The second kappa shape index (κ2) is 5.19. The van der Waals surface area contributed by atoms with Crippen molar-refractivity contribution in [1.29, 1.82) is 0 Å². The number of hydrogen-bond acceptors (Lipinski definition) is 3. The van der Waals surface area contributed by atoms with Gasteiger partial charge in [-0.3, -0.25) is 0 Å². The molecule has 0 fully saturated rings. The van der Waals surface area contributed by atoms with E-state index in [-0.39, 0.29) is 6.04 Å². The van der Waals surface area contributed by atoms with Crippen LogP contribution in [0.2, 0.25) is 0 Å². The van der Waals surface area contributed by atoms with Crippen LogP contribution in [0.25, 0.3) is 0 Å². The maximum absolute atomic E-state index is 6.28. The molecule has 18 heavy (non-hydrogen) atoms. The number of nitrogen functional groups attached to an aromatic ring is 1. The molecular weight excluding hydrogens is 222 g/mol. The van der Waals surface area contributed by atoms with Gasteiger partial charge in [-0.15, -0.1) is 0 Å².